The van der Waals surface area contributed by atoms with E-state index in [4.69, 9.17) is 4.74 Å². The van der Waals surface area contributed by atoms with E-state index >= 15 is 0 Å². The molecule has 0 spiro atoms. The molecule has 4 heteroatoms. The van der Waals surface area contributed by atoms with E-state index in [-0.39, 0.29) is 5.75 Å². The lowest BCUT2D eigenvalue weighted by Crippen LogP contribution is -2.24. The van der Waals surface area contributed by atoms with Crippen LogP contribution in [0, 0.1) is 6.92 Å². The maximum Gasteiger partial charge on any atom is 0.226 e. The highest BCUT2D eigenvalue weighted by Gasteiger charge is 2.25. The highest BCUT2D eigenvalue weighted by atomic mass is 16.5. The zero-order valence-electron chi connectivity index (χ0n) is 12.2. The van der Waals surface area contributed by atoms with Gasteiger partial charge in [0.2, 0.25) is 6.23 Å². The van der Waals surface area contributed by atoms with Crippen LogP contribution in [0.25, 0.3) is 5.70 Å². The van der Waals surface area contributed by atoms with E-state index in [0.29, 0.717) is 12.2 Å². The quantitative estimate of drug-likeness (QED) is 0.852. The largest absolute Gasteiger partial charge is 0.508 e. The number of hydrogen-bond acceptors (Lipinski definition) is 4. The lowest BCUT2D eigenvalue weighted by Gasteiger charge is -2.07. The van der Waals surface area contributed by atoms with Crippen LogP contribution in [0.5, 0.6) is 5.75 Å². The molecule has 0 aromatic heterocycles. The molecule has 4 nitrogen and oxygen atoms in total. The van der Waals surface area contributed by atoms with Crippen molar-refractivity contribution >= 4 is 12.0 Å². The highest BCUT2D eigenvalue weighted by molar-refractivity contribution is 5.73. The molecule has 0 aliphatic carbocycles. The van der Waals surface area contributed by atoms with E-state index in [0.717, 1.165) is 23.1 Å². The van der Waals surface area contributed by atoms with Crippen LogP contribution < -0.4 is 5.32 Å². The van der Waals surface area contributed by atoms with E-state index in [2.05, 4.69) is 5.32 Å². The van der Waals surface area contributed by atoms with Gasteiger partial charge in [0.05, 0.1) is 5.70 Å². The Balaban J connectivity index is 1.94. The molecule has 0 amide bonds. The van der Waals surface area contributed by atoms with Crippen LogP contribution in [0.4, 0.5) is 0 Å². The molecule has 2 N–H and O–H groups in total. The summed E-state index contributed by atoms with van der Waals surface area (Å²) in [4.78, 5) is 11.0. The Morgan fingerprint density at radius 3 is 2.68 bits per heavy atom. The Bertz CT molecular complexity index is 719. The lowest BCUT2D eigenvalue weighted by molar-refractivity contribution is -0.115. The number of aldehydes is 1. The third-order valence-corrected chi connectivity index (χ3v) is 3.58. The minimum Gasteiger partial charge on any atom is -0.508 e. The van der Waals surface area contributed by atoms with Gasteiger partial charge in [-0.2, -0.15) is 0 Å². The summed E-state index contributed by atoms with van der Waals surface area (Å²) in [5.41, 5.74) is 3.84. The van der Waals surface area contributed by atoms with Crippen LogP contribution in [-0.4, -0.2) is 17.6 Å². The Hall–Kier alpha value is -2.75. The molecule has 22 heavy (non-hydrogen) atoms. The van der Waals surface area contributed by atoms with Gasteiger partial charge in [0.1, 0.15) is 11.5 Å². The molecule has 0 bridgehead atoms. The van der Waals surface area contributed by atoms with Crippen molar-refractivity contribution in [2.45, 2.75) is 19.6 Å². The van der Waals surface area contributed by atoms with Crippen molar-refractivity contribution in [2.24, 2.45) is 0 Å². The van der Waals surface area contributed by atoms with Crippen LogP contribution in [0.2, 0.25) is 0 Å². The topological polar surface area (TPSA) is 58.6 Å². The SMILES string of the molecule is Cc1ccc(CC2=C(c3cccc(O)c3)NC(C=O)O2)cc1. The molecular formula is C18H17NO3. The Kier molecular flexibility index (Phi) is 3.83. The number of allylic oxidation sites excluding steroid dienone is 1. The van der Waals surface area contributed by atoms with Crippen LogP contribution in [0.3, 0.4) is 0 Å². The summed E-state index contributed by atoms with van der Waals surface area (Å²) < 4.78 is 5.67. The number of hydrogen-bond donors (Lipinski definition) is 2. The average Bonchev–Trinajstić information content (AvgIpc) is 2.93. The van der Waals surface area contributed by atoms with Gasteiger partial charge in [-0.05, 0) is 24.6 Å². The van der Waals surface area contributed by atoms with Gasteiger partial charge in [-0.3, -0.25) is 4.79 Å². The number of nitrogens with one attached hydrogen (secondary N) is 1. The van der Waals surface area contributed by atoms with E-state index in [1.54, 1.807) is 18.2 Å². The number of benzene rings is 2. The van der Waals surface area contributed by atoms with Gasteiger partial charge in [0.15, 0.2) is 6.29 Å². The van der Waals surface area contributed by atoms with Crippen molar-refractivity contribution in [1.29, 1.82) is 0 Å². The van der Waals surface area contributed by atoms with Crippen molar-refractivity contribution in [3.05, 3.63) is 71.0 Å². The summed E-state index contributed by atoms with van der Waals surface area (Å²) in [7, 11) is 0. The molecule has 1 heterocycles. The average molecular weight is 295 g/mol. The first-order valence-electron chi connectivity index (χ1n) is 7.12. The van der Waals surface area contributed by atoms with Crippen LogP contribution in [-0.2, 0) is 16.0 Å². The lowest BCUT2D eigenvalue weighted by atomic mass is 10.1. The summed E-state index contributed by atoms with van der Waals surface area (Å²) in [6.45, 7) is 2.04. The third kappa shape index (κ3) is 2.96. The summed E-state index contributed by atoms with van der Waals surface area (Å²) >= 11 is 0. The van der Waals surface area contributed by atoms with Crippen LogP contribution in [0.15, 0.2) is 54.3 Å². The van der Waals surface area contributed by atoms with Gasteiger partial charge in [0.25, 0.3) is 0 Å². The first kappa shape index (κ1) is 14.2. The third-order valence-electron chi connectivity index (χ3n) is 3.58. The molecule has 0 saturated heterocycles. The molecular weight excluding hydrogens is 278 g/mol. The second-order valence-corrected chi connectivity index (χ2v) is 5.33. The Labute approximate surface area is 129 Å². The Morgan fingerprint density at radius 2 is 2.00 bits per heavy atom. The van der Waals surface area contributed by atoms with E-state index in [1.165, 1.54) is 5.56 Å². The number of rotatable bonds is 4. The number of aryl methyl sites for hydroxylation is 1. The zero-order chi connectivity index (χ0) is 15.5. The number of carbonyl (C=O) groups is 1. The predicted octanol–water partition coefficient (Wildman–Crippen LogP) is 2.76. The maximum absolute atomic E-state index is 11.0. The van der Waals surface area contributed by atoms with Gasteiger partial charge < -0.3 is 15.2 Å². The standard InChI is InChI=1S/C18H17NO3/c1-12-5-7-13(8-6-12)9-16-18(19-17(11-20)22-16)14-3-2-4-15(21)10-14/h2-8,10-11,17,19,21H,9H2,1H3. The minimum atomic E-state index is -0.683. The summed E-state index contributed by atoms with van der Waals surface area (Å²) in [5.74, 6) is 0.877. The van der Waals surface area contributed by atoms with E-state index in [1.807, 2.05) is 37.3 Å². The van der Waals surface area contributed by atoms with Crippen molar-refractivity contribution in [3.8, 4) is 5.75 Å². The molecule has 1 aliphatic heterocycles. The fourth-order valence-corrected chi connectivity index (χ4v) is 2.45. The number of phenolic OH excluding ortho intramolecular Hbond substituents is 1. The Morgan fingerprint density at radius 1 is 1.23 bits per heavy atom. The van der Waals surface area contributed by atoms with Crippen molar-refractivity contribution < 1.29 is 14.6 Å². The minimum absolute atomic E-state index is 0.177. The van der Waals surface area contributed by atoms with Crippen molar-refractivity contribution in [1.82, 2.24) is 5.32 Å². The molecule has 3 rings (SSSR count). The maximum atomic E-state index is 11.0. The first-order valence-corrected chi connectivity index (χ1v) is 7.12. The smallest absolute Gasteiger partial charge is 0.226 e. The molecule has 2 aromatic carbocycles. The number of carbonyl (C=O) groups excluding carboxylic acids is 1. The molecule has 0 radical (unpaired) electrons. The number of ether oxygens (including phenoxy) is 1. The highest BCUT2D eigenvalue weighted by Crippen LogP contribution is 2.28. The normalized spacial score (nSPS) is 17.0. The molecule has 1 aliphatic rings. The second-order valence-electron chi connectivity index (χ2n) is 5.33. The van der Waals surface area contributed by atoms with E-state index in [9.17, 15) is 9.90 Å². The van der Waals surface area contributed by atoms with E-state index < -0.39 is 6.23 Å². The molecule has 2 aromatic rings. The van der Waals surface area contributed by atoms with Gasteiger partial charge in [-0.25, -0.2) is 0 Å². The summed E-state index contributed by atoms with van der Waals surface area (Å²) in [6, 6.07) is 15.1. The number of phenols is 1. The fraction of sp³-hybridized carbons (Fsp3) is 0.167. The first-order chi connectivity index (χ1) is 10.7. The molecule has 112 valence electrons. The summed E-state index contributed by atoms with van der Waals surface area (Å²) in [5, 5.41) is 12.7. The number of aromatic hydroxyl groups is 1. The molecule has 1 unspecified atom stereocenters. The molecule has 0 saturated carbocycles. The van der Waals surface area contributed by atoms with Gasteiger partial charge in [-0.15, -0.1) is 0 Å². The van der Waals surface area contributed by atoms with Crippen LogP contribution in [0.1, 0.15) is 16.7 Å². The van der Waals surface area contributed by atoms with Crippen molar-refractivity contribution in [2.75, 3.05) is 0 Å². The monoisotopic (exact) mass is 295 g/mol. The summed E-state index contributed by atoms with van der Waals surface area (Å²) in [6.07, 6.45) is 0.630. The second kappa shape index (κ2) is 5.93. The van der Waals surface area contributed by atoms with Gasteiger partial charge in [0, 0.05) is 12.0 Å². The van der Waals surface area contributed by atoms with Gasteiger partial charge in [-0.1, -0.05) is 42.0 Å². The molecule has 0 fully saturated rings. The van der Waals surface area contributed by atoms with Gasteiger partial charge >= 0.3 is 0 Å². The predicted molar refractivity (Wildman–Crippen MR) is 84.0 cm³/mol. The fourth-order valence-electron chi connectivity index (χ4n) is 2.45. The molecule has 1 atom stereocenters. The van der Waals surface area contributed by atoms with Crippen LogP contribution >= 0.6 is 0 Å². The van der Waals surface area contributed by atoms with Crippen molar-refractivity contribution in [3.63, 3.8) is 0 Å². The zero-order valence-corrected chi connectivity index (χ0v) is 12.2.